The Morgan fingerprint density at radius 1 is 1.00 bits per heavy atom. The number of aromatic amines is 1. The maximum absolute atomic E-state index is 12.4. The fourth-order valence-electron chi connectivity index (χ4n) is 3.79. The molecule has 2 aliphatic heterocycles. The molecule has 0 saturated carbocycles. The van der Waals surface area contributed by atoms with E-state index in [0.717, 1.165) is 24.6 Å². The Hall–Kier alpha value is -2.31. The van der Waals surface area contributed by atoms with E-state index in [1.807, 2.05) is 18.2 Å². The van der Waals surface area contributed by atoms with Crippen molar-refractivity contribution in [2.45, 2.75) is 19.0 Å². The molecule has 2 aromatic rings. The average Bonchev–Trinajstić information content (AvgIpc) is 2.68. The number of H-pyrrole nitrogens is 1. The number of rotatable bonds is 3. The first-order valence-electron chi connectivity index (χ1n) is 9.20. The largest absolute Gasteiger partial charge is 0.377 e. The molecule has 1 aromatic heterocycles. The second-order valence-electron chi connectivity index (χ2n) is 6.90. The molecule has 138 valence electrons. The number of benzene rings is 1. The lowest BCUT2D eigenvalue weighted by molar-refractivity contribution is 0.0936. The van der Waals surface area contributed by atoms with Gasteiger partial charge < -0.3 is 24.3 Å². The van der Waals surface area contributed by atoms with Crippen LogP contribution in [0.3, 0.4) is 0 Å². The van der Waals surface area contributed by atoms with E-state index in [2.05, 4.69) is 39.9 Å². The van der Waals surface area contributed by atoms with E-state index >= 15 is 0 Å². The Morgan fingerprint density at radius 3 is 2.50 bits per heavy atom. The number of hydrogen-bond acceptors (Lipinski definition) is 5. The molecule has 0 radical (unpaired) electrons. The smallest absolute Gasteiger partial charge is 0.251 e. The quantitative estimate of drug-likeness (QED) is 0.915. The predicted molar refractivity (Wildman–Crippen MR) is 102 cm³/mol. The number of aromatic nitrogens is 1. The minimum absolute atomic E-state index is 0.0745. The summed E-state index contributed by atoms with van der Waals surface area (Å²) < 4.78 is 11.3. The molecule has 0 bridgehead atoms. The first-order chi connectivity index (χ1) is 12.7. The first kappa shape index (κ1) is 17.1. The van der Waals surface area contributed by atoms with E-state index in [0.29, 0.717) is 26.4 Å². The lowest BCUT2D eigenvalue weighted by atomic mass is 10.0. The molecule has 0 amide bonds. The highest BCUT2D eigenvalue weighted by atomic mass is 16.5. The highest BCUT2D eigenvalue weighted by molar-refractivity contribution is 5.57. The van der Waals surface area contributed by atoms with Crippen LogP contribution in [-0.4, -0.2) is 50.5 Å². The van der Waals surface area contributed by atoms with Gasteiger partial charge in [-0.3, -0.25) is 4.79 Å². The molecule has 0 spiro atoms. The van der Waals surface area contributed by atoms with Gasteiger partial charge in [-0.05, 0) is 12.5 Å². The third-order valence-electron chi connectivity index (χ3n) is 5.14. The van der Waals surface area contributed by atoms with Crippen molar-refractivity contribution in [2.75, 3.05) is 49.3 Å². The Morgan fingerprint density at radius 2 is 1.73 bits per heavy atom. The summed E-state index contributed by atoms with van der Waals surface area (Å²) in [5.74, 6) is 0.850. The molecule has 0 unspecified atom stereocenters. The standard InChI is InChI=1S/C20H25N3O3/c1-15-13-25-9-7-22(15)17-11-19(21-20(24)12-17)23-8-10-26-14-18(23)16-5-3-2-4-6-16/h2-6,11-12,15,18H,7-10,13-14H2,1H3,(H,21,24)/t15-,18+/m1/s1. The van der Waals surface area contributed by atoms with Gasteiger partial charge in [0.25, 0.3) is 5.56 Å². The molecule has 4 rings (SSSR count). The number of pyridine rings is 1. The van der Waals surface area contributed by atoms with Gasteiger partial charge in [0, 0.05) is 37.0 Å². The van der Waals surface area contributed by atoms with E-state index < -0.39 is 0 Å². The van der Waals surface area contributed by atoms with Gasteiger partial charge >= 0.3 is 0 Å². The minimum atomic E-state index is -0.0745. The second kappa shape index (κ2) is 7.51. The molecule has 3 heterocycles. The van der Waals surface area contributed by atoms with Crippen molar-refractivity contribution in [1.29, 1.82) is 0 Å². The van der Waals surface area contributed by atoms with E-state index in [1.54, 1.807) is 6.07 Å². The van der Waals surface area contributed by atoms with Gasteiger partial charge in [0.1, 0.15) is 5.82 Å². The first-order valence-corrected chi connectivity index (χ1v) is 9.20. The van der Waals surface area contributed by atoms with E-state index in [9.17, 15) is 4.79 Å². The van der Waals surface area contributed by atoms with Crippen molar-refractivity contribution < 1.29 is 9.47 Å². The maximum Gasteiger partial charge on any atom is 0.251 e. The summed E-state index contributed by atoms with van der Waals surface area (Å²) in [6, 6.07) is 14.4. The van der Waals surface area contributed by atoms with E-state index in [-0.39, 0.29) is 17.6 Å². The lowest BCUT2D eigenvalue weighted by Gasteiger charge is -2.39. The fourth-order valence-corrected chi connectivity index (χ4v) is 3.79. The second-order valence-corrected chi connectivity index (χ2v) is 6.90. The maximum atomic E-state index is 12.4. The van der Waals surface area contributed by atoms with E-state index in [4.69, 9.17) is 9.47 Å². The van der Waals surface area contributed by atoms with Crippen LogP contribution in [-0.2, 0) is 9.47 Å². The van der Waals surface area contributed by atoms with Gasteiger partial charge in [-0.1, -0.05) is 30.3 Å². The van der Waals surface area contributed by atoms with Gasteiger partial charge in [-0.25, -0.2) is 0 Å². The zero-order chi connectivity index (χ0) is 17.9. The third kappa shape index (κ3) is 3.48. The summed E-state index contributed by atoms with van der Waals surface area (Å²) >= 11 is 0. The van der Waals surface area contributed by atoms with Crippen molar-refractivity contribution in [3.8, 4) is 0 Å². The average molecular weight is 355 g/mol. The van der Waals surface area contributed by atoms with Gasteiger partial charge in [0.2, 0.25) is 0 Å². The van der Waals surface area contributed by atoms with Crippen LogP contribution in [0.25, 0.3) is 0 Å². The van der Waals surface area contributed by atoms with Crippen LogP contribution in [0, 0.1) is 0 Å². The molecule has 2 saturated heterocycles. The van der Waals surface area contributed by atoms with Crippen molar-refractivity contribution in [2.24, 2.45) is 0 Å². The number of ether oxygens (including phenoxy) is 2. The SMILES string of the molecule is C[C@@H]1COCCN1c1cc(N2CCOC[C@H]2c2ccccc2)[nH]c(=O)c1. The topological polar surface area (TPSA) is 57.8 Å². The van der Waals surface area contributed by atoms with Crippen molar-refractivity contribution in [3.05, 3.63) is 58.4 Å². The summed E-state index contributed by atoms with van der Waals surface area (Å²) in [6.45, 7) is 6.32. The van der Waals surface area contributed by atoms with E-state index in [1.165, 1.54) is 5.56 Å². The summed E-state index contributed by atoms with van der Waals surface area (Å²) in [7, 11) is 0. The zero-order valence-corrected chi connectivity index (χ0v) is 15.1. The molecule has 1 N–H and O–H groups in total. The van der Waals surface area contributed by atoms with Gasteiger partial charge in [-0.2, -0.15) is 0 Å². The highest BCUT2D eigenvalue weighted by Gasteiger charge is 2.27. The number of nitrogens with zero attached hydrogens (tertiary/aromatic N) is 2. The Bertz CT molecular complexity index is 792. The monoisotopic (exact) mass is 355 g/mol. The Labute approximate surface area is 153 Å². The molecule has 2 fully saturated rings. The lowest BCUT2D eigenvalue weighted by Crippen LogP contribution is -2.44. The predicted octanol–water partition coefficient (Wildman–Crippen LogP) is 2.18. The summed E-state index contributed by atoms with van der Waals surface area (Å²) in [5, 5.41) is 0. The number of anilines is 2. The summed E-state index contributed by atoms with van der Waals surface area (Å²) in [5.41, 5.74) is 2.07. The third-order valence-corrected chi connectivity index (χ3v) is 5.14. The molecule has 1 aromatic carbocycles. The number of hydrogen-bond donors (Lipinski definition) is 1. The van der Waals surface area contributed by atoms with Crippen LogP contribution in [0.2, 0.25) is 0 Å². The number of nitrogens with one attached hydrogen (secondary N) is 1. The van der Waals surface area contributed by atoms with Crippen LogP contribution < -0.4 is 15.4 Å². The van der Waals surface area contributed by atoms with Crippen molar-refractivity contribution in [1.82, 2.24) is 4.98 Å². The van der Waals surface area contributed by atoms with Crippen LogP contribution in [0.1, 0.15) is 18.5 Å². The minimum Gasteiger partial charge on any atom is -0.377 e. The van der Waals surface area contributed by atoms with Crippen LogP contribution >= 0.6 is 0 Å². The molecule has 6 nitrogen and oxygen atoms in total. The number of morpholine rings is 2. The van der Waals surface area contributed by atoms with Crippen molar-refractivity contribution in [3.63, 3.8) is 0 Å². The molecule has 6 heteroatoms. The van der Waals surface area contributed by atoms with Gasteiger partial charge in [-0.15, -0.1) is 0 Å². The molecule has 26 heavy (non-hydrogen) atoms. The molecular formula is C20H25N3O3. The van der Waals surface area contributed by atoms with Gasteiger partial charge in [0.15, 0.2) is 0 Å². The molecular weight excluding hydrogens is 330 g/mol. The Balaban J connectivity index is 1.68. The van der Waals surface area contributed by atoms with Gasteiger partial charge in [0.05, 0.1) is 32.5 Å². The highest BCUT2D eigenvalue weighted by Crippen LogP contribution is 2.30. The Kier molecular flexibility index (Phi) is 4.95. The summed E-state index contributed by atoms with van der Waals surface area (Å²) in [4.78, 5) is 19.9. The van der Waals surface area contributed by atoms with Crippen LogP contribution in [0.5, 0.6) is 0 Å². The fraction of sp³-hybridized carbons (Fsp3) is 0.450. The molecule has 0 aliphatic carbocycles. The van der Waals surface area contributed by atoms with Crippen molar-refractivity contribution >= 4 is 11.5 Å². The van der Waals surface area contributed by atoms with Crippen LogP contribution in [0.4, 0.5) is 11.5 Å². The molecule has 2 aliphatic rings. The normalized spacial score (nSPS) is 23.9. The molecule has 2 atom stereocenters. The zero-order valence-electron chi connectivity index (χ0n) is 15.1. The van der Waals surface area contributed by atoms with Crippen LogP contribution in [0.15, 0.2) is 47.3 Å². The summed E-state index contributed by atoms with van der Waals surface area (Å²) in [6.07, 6.45) is 0.